The van der Waals surface area contributed by atoms with E-state index >= 15 is 0 Å². The highest BCUT2D eigenvalue weighted by Gasteiger charge is 2.38. The van der Waals surface area contributed by atoms with Crippen LogP contribution in [0.25, 0.3) is 0 Å². The lowest BCUT2D eigenvalue weighted by Gasteiger charge is -2.28. The second-order valence-corrected chi connectivity index (χ2v) is 9.43. The summed E-state index contributed by atoms with van der Waals surface area (Å²) < 4.78 is 39.0. The summed E-state index contributed by atoms with van der Waals surface area (Å²) in [6, 6.07) is 9.09. The fourth-order valence-electron chi connectivity index (χ4n) is 3.15. The number of pyridine rings is 1. The molecule has 1 aliphatic carbocycles. The van der Waals surface area contributed by atoms with Crippen molar-refractivity contribution in [3.05, 3.63) is 54.4 Å². The standard InChI is InChI=1S/C19H21ClFN3O3S/c20-17-10-14(21)3-8-18(17)28(26,27)16-6-4-15(5-7-16)24-19(25)23-12-13-2-1-9-22-11-13/h1-2,4-7,9,11,14,17-18H,3,8,10,12H2,(H2,23,24,25). The highest BCUT2D eigenvalue weighted by molar-refractivity contribution is 7.92. The van der Waals surface area contributed by atoms with E-state index in [1.807, 2.05) is 6.07 Å². The van der Waals surface area contributed by atoms with Crippen LogP contribution in [0.5, 0.6) is 0 Å². The van der Waals surface area contributed by atoms with E-state index in [1.165, 1.54) is 24.3 Å². The van der Waals surface area contributed by atoms with Gasteiger partial charge in [0.05, 0.1) is 15.5 Å². The van der Waals surface area contributed by atoms with Crippen molar-refractivity contribution in [2.75, 3.05) is 5.32 Å². The van der Waals surface area contributed by atoms with Crippen molar-refractivity contribution < 1.29 is 17.6 Å². The third-order valence-corrected chi connectivity index (χ3v) is 7.59. The molecule has 1 aliphatic rings. The van der Waals surface area contributed by atoms with Crippen LogP contribution in [-0.2, 0) is 16.4 Å². The summed E-state index contributed by atoms with van der Waals surface area (Å²) >= 11 is 6.11. The summed E-state index contributed by atoms with van der Waals surface area (Å²) in [6.45, 7) is 0.320. The fraction of sp³-hybridized carbons (Fsp3) is 0.368. The number of rotatable bonds is 5. The highest BCUT2D eigenvalue weighted by atomic mass is 35.5. The first-order chi connectivity index (χ1) is 13.4. The van der Waals surface area contributed by atoms with Gasteiger partial charge in [-0.3, -0.25) is 4.98 Å². The quantitative estimate of drug-likeness (QED) is 0.715. The average Bonchev–Trinajstić information content (AvgIpc) is 2.67. The van der Waals surface area contributed by atoms with Crippen LogP contribution in [-0.4, -0.2) is 36.2 Å². The number of nitrogens with zero attached hydrogens (tertiary/aromatic N) is 1. The molecule has 3 rings (SSSR count). The Hall–Kier alpha value is -2.19. The van der Waals surface area contributed by atoms with Crippen molar-refractivity contribution >= 4 is 33.2 Å². The molecule has 0 radical (unpaired) electrons. The summed E-state index contributed by atoms with van der Waals surface area (Å²) in [6.07, 6.45) is 2.70. The number of carbonyl (C=O) groups excluding carboxylic acids is 1. The molecular weight excluding hydrogens is 405 g/mol. The Labute approximate surface area is 168 Å². The van der Waals surface area contributed by atoms with Crippen LogP contribution < -0.4 is 10.6 Å². The number of aromatic nitrogens is 1. The number of hydrogen-bond donors (Lipinski definition) is 2. The summed E-state index contributed by atoms with van der Waals surface area (Å²) in [7, 11) is -3.66. The van der Waals surface area contributed by atoms with Gasteiger partial charge in [-0.15, -0.1) is 11.6 Å². The molecule has 6 nitrogen and oxygen atoms in total. The predicted octanol–water partition coefficient (Wildman–Crippen LogP) is 3.68. The maximum absolute atomic E-state index is 13.4. The van der Waals surface area contributed by atoms with Crippen LogP contribution in [0, 0.1) is 0 Å². The Balaban J connectivity index is 1.60. The van der Waals surface area contributed by atoms with Crippen LogP contribution in [0.2, 0.25) is 0 Å². The zero-order chi connectivity index (χ0) is 20.1. The number of anilines is 1. The number of carbonyl (C=O) groups is 1. The lowest BCUT2D eigenvalue weighted by Crippen LogP contribution is -2.37. The number of nitrogens with one attached hydrogen (secondary N) is 2. The number of amides is 2. The Morgan fingerprint density at radius 2 is 1.96 bits per heavy atom. The molecule has 1 aromatic carbocycles. The van der Waals surface area contributed by atoms with Gasteiger partial charge in [-0.2, -0.15) is 0 Å². The van der Waals surface area contributed by atoms with Crippen molar-refractivity contribution in [1.82, 2.24) is 10.3 Å². The van der Waals surface area contributed by atoms with E-state index in [1.54, 1.807) is 18.5 Å². The molecule has 0 spiro atoms. The maximum atomic E-state index is 13.4. The molecule has 2 aromatic rings. The monoisotopic (exact) mass is 425 g/mol. The minimum absolute atomic E-state index is 0.0438. The smallest absolute Gasteiger partial charge is 0.319 e. The minimum Gasteiger partial charge on any atom is -0.334 e. The van der Waals surface area contributed by atoms with Crippen molar-refractivity contribution in [2.24, 2.45) is 0 Å². The Morgan fingerprint density at radius 3 is 2.61 bits per heavy atom. The third kappa shape index (κ3) is 4.99. The van der Waals surface area contributed by atoms with Crippen LogP contribution in [0.15, 0.2) is 53.7 Å². The van der Waals surface area contributed by atoms with E-state index in [9.17, 15) is 17.6 Å². The second kappa shape index (κ2) is 8.87. The molecule has 0 bridgehead atoms. The number of urea groups is 1. The number of sulfone groups is 1. The molecular formula is C19H21ClFN3O3S. The van der Waals surface area contributed by atoms with E-state index in [2.05, 4.69) is 15.6 Å². The molecule has 28 heavy (non-hydrogen) atoms. The van der Waals surface area contributed by atoms with Crippen molar-refractivity contribution in [2.45, 2.75) is 47.5 Å². The van der Waals surface area contributed by atoms with Crippen molar-refractivity contribution in [3.8, 4) is 0 Å². The van der Waals surface area contributed by atoms with Crippen molar-refractivity contribution in [3.63, 3.8) is 0 Å². The lowest BCUT2D eigenvalue weighted by atomic mass is 9.98. The predicted molar refractivity (Wildman–Crippen MR) is 106 cm³/mol. The fourth-order valence-corrected chi connectivity index (χ4v) is 5.69. The van der Waals surface area contributed by atoms with E-state index in [0.29, 0.717) is 12.2 Å². The molecule has 0 saturated heterocycles. The van der Waals surface area contributed by atoms with Gasteiger partial charge in [0.1, 0.15) is 6.17 Å². The third-order valence-electron chi connectivity index (χ3n) is 4.66. The van der Waals surface area contributed by atoms with Crippen LogP contribution in [0.3, 0.4) is 0 Å². The first-order valence-corrected chi connectivity index (χ1v) is 10.9. The molecule has 1 heterocycles. The van der Waals surface area contributed by atoms with Gasteiger partial charge in [0.2, 0.25) is 0 Å². The first kappa shape index (κ1) is 20.5. The molecule has 9 heteroatoms. The van der Waals surface area contributed by atoms with E-state index in [-0.39, 0.29) is 24.2 Å². The minimum atomic E-state index is -3.66. The van der Waals surface area contributed by atoms with E-state index < -0.39 is 32.7 Å². The normalized spacial score (nSPS) is 22.4. The van der Waals surface area contributed by atoms with Crippen LogP contribution in [0.4, 0.5) is 14.9 Å². The second-order valence-electron chi connectivity index (χ2n) is 6.70. The number of alkyl halides is 2. The largest absolute Gasteiger partial charge is 0.334 e. The summed E-state index contributed by atoms with van der Waals surface area (Å²) in [5.74, 6) is 0. The Kier molecular flexibility index (Phi) is 6.51. The Bertz CT molecular complexity index is 910. The molecule has 1 fully saturated rings. The van der Waals surface area contributed by atoms with Gasteiger partial charge in [-0.05, 0) is 55.2 Å². The van der Waals surface area contributed by atoms with Gasteiger partial charge in [0.25, 0.3) is 0 Å². The lowest BCUT2D eigenvalue weighted by molar-refractivity contribution is 0.251. The zero-order valence-corrected chi connectivity index (χ0v) is 16.6. The van der Waals surface area contributed by atoms with Gasteiger partial charge >= 0.3 is 6.03 Å². The molecule has 0 aliphatic heterocycles. The highest BCUT2D eigenvalue weighted by Crippen LogP contribution is 2.33. The van der Waals surface area contributed by atoms with Crippen LogP contribution in [0.1, 0.15) is 24.8 Å². The Morgan fingerprint density at radius 1 is 1.21 bits per heavy atom. The number of halogens is 2. The van der Waals surface area contributed by atoms with Gasteiger partial charge in [0, 0.05) is 24.6 Å². The average molecular weight is 426 g/mol. The molecule has 2 amide bonds. The molecule has 3 atom stereocenters. The summed E-state index contributed by atoms with van der Waals surface area (Å²) in [5, 5.41) is 3.79. The molecule has 1 saturated carbocycles. The topological polar surface area (TPSA) is 88.2 Å². The van der Waals surface area contributed by atoms with E-state index in [4.69, 9.17) is 11.6 Å². The molecule has 3 unspecified atom stereocenters. The number of benzene rings is 1. The van der Waals surface area contributed by atoms with Gasteiger partial charge in [-0.25, -0.2) is 17.6 Å². The molecule has 1 aromatic heterocycles. The first-order valence-electron chi connectivity index (χ1n) is 8.92. The zero-order valence-electron chi connectivity index (χ0n) is 15.0. The summed E-state index contributed by atoms with van der Waals surface area (Å²) in [4.78, 5) is 16.1. The van der Waals surface area contributed by atoms with E-state index in [0.717, 1.165) is 5.56 Å². The maximum Gasteiger partial charge on any atom is 0.319 e. The van der Waals surface area contributed by atoms with Gasteiger partial charge in [-0.1, -0.05) is 6.07 Å². The molecule has 2 N–H and O–H groups in total. The van der Waals surface area contributed by atoms with Gasteiger partial charge < -0.3 is 10.6 Å². The number of hydrogen-bond acceptors (Lipinski definition) is 4. The summed E-state index contributed by atoms with van der Waals surface area (Å²) in [5.41, 5.74) is 1.32. The van der Waals surface area contributed by atoms with Crippen molar-refractivity contribution in [1.29, 1.82) is 0 Å². The van der Waals surface area contributed by atoms with Crippen LogP contribution >= 0.6 is 11.6 Å². The van der Waals surface area contributed by atoms with Gasteiger partial charge in [0.15, 0.2) is 9.84 Å². The molecule has 150 valence electrons. The SMILES string of the molecule is O=C(NCc1cccnc1)Nc1ccc(S(=O)(=O)C2CCC(F)CC2Cl)cc1.